The molecule has 0 unspecified atom stereocenters. The molecule has 0 saturated carbocycles. The van der Waals surface area contributed by atoms with Crippen molar-refractivity contribution in [2.24, 2.45) is 0 Å². The highest BCUT2D eigenvalue weighted by Gasteiger charge is 2.15. The van der Waals surface area contributed by atoms with Crippen LogP contribution in [0.3, 0.4) is 0 Å². The molecule has 0 radical (unpaired) electrons. The van der Waals surface area contributed by atoms with Gasteiger partial charge in [-0.3, -0.25) is 4.98 Å². The molecule has 0 aliphatic heterocycles. The van der Waals surface area contributed by atoms with E-state index in [0.717, 1.165) is 24.1 Å². The number of hydrogen-bond acceptors (Lipinski definition) is 5. The minimum Gasteiger partial charge on any atom is -0.359 e. The van der Waals surface area contributed by atoms with Crippen LogP contribution in [0.5, 0.6) is 0 Å². The summed E-state index contributed by atoms with van der Waals surface area (Å²) in [4.78, 5) is 14.4. The number of aromatic nitrogens is 3. The zero-order valence-electron chi connectivity index (χ0n) is 14.9. The first-order valence-corrected chi connectivity index (χ1v) is 8.30. The van der Waals surface area contributed by atoms with Crippen LogP contribution in [0.25, 0.3) is 0 Å². The minimum absolute atomic E-state index is 0.102. The third-order valence-corrected chi connectivity index (χ3v) is 4.00. The number of nitrogens with zero attached hydrogens (tertiary/aromatic N) is 4. The highest BCUT2D eigenvalue weighted by atomic mass is 19.2. The molecule has 0 spiro atoms. The monoisotopic (exact) mass is 373 g/mol. The second-order valence-corrected chi connectivity index (χ2v) is 6.07. The molecule has 27 heavy (non-hydrogen) atoms. The lowest BCUT2D eigenvalue weighted by molar-refractivity contribution is 0.449. The van der Waals surface area contributed by atoms with Crippen LogP contribution < -0.4 is 10.2 Å². The highest BCUT2D eigenvalue weighted by Crippen LogP contribution is 2.23. The first kappa shape index (κ1) is 18.6. The van der Waals surface area contributed by atoms with Crippen molar-refractivity contribution >= 4 is 17.5 Å². The molecule has 2 heterocycles. The van der Waals surface area contributed by atoms with Gasteiger partial charge in [-0.2, -0.15) is 4.98 Å². The number of nitrogens with one attached hydrogen (secondary N) is 1. The van der Waals surface area contributed by atoms with E-state index in [-0.39, 0.29) is 11.6 Å². The fourth-order valence-corrected chi connectivity index (χ4v) is 2.51. The Morgan fingerprint density at radius 2 is 1.74 bits per heavy atom. The van der Waals surface area contributed by atoms with Crippen LogP contribution in [-0.4, -0.2) is 28.5 Å². The van der Waals surface area contributed by atoms with E-state index in [0.29, 0.717) is 18.1 Å². The Labute approximate surface area is 154 Å². The molecule has 2 aromatic heterocycles. The molecule has 3 aromatic rings. The molecule has 0 amide bonds. The lowest BCUT2D eigenvalue weighted by atomic mass is 10.2. The van der Waals surface area contributed by atoms with Crippen LogP contribution in [0.15, 0.2) is 42.7 Å². The van der Waals surface area contributed by atoms with Crippen molar-refractivity contribution in [3.8, 4) is 0 Å². The number of rotatable bonds is 6. The molecule has 0 fully saturated rings. The van der Waals surface area contributed by atoms with Crippen molar-refractivity contribution in [3.63, 3.8) is 0 Å². The molecular weight excluding hydrogens is 355 g/mol. The predicted octanol–water partition coefficient (Wildman–Crippen LogP) is 4.02. The van der Waals surface area contributed by atoms with E-state index in [9.17, 15) is 13.2 Å². The standard InChI is InChI=1S/C19H18F3N5/c1-12-11-16(27(2)10-7-13-5-8-23-9-6-13)26-19(24-12)25-15-4-3-14(20)17(21)18(15)22/h3-6,8-9,11H,7,10H2,1-2H3,(H,24,25,26). The van der Waals surface area contributed by atoms with E-state index in [1.807, 2.05) is 24.1 Å². The normalized spacial score (nSPS) is 10.7. The summed E-state index contributed by atoms with van der Waals surface area (Å²) >= 11 is 0. The Morgan fingerprint density at radius 1 is 1.00 bits per heavy atom. The molecule has 8 heteroatoms. The van der Waals surface area contributed by atoms with Crippen molar-refractivity contribution in [2.75, 3.05) is 23.8 Å². The maximum atomic E-state index is 13.9. The highest BCUT2D eigenvalue weighted by molar-refractivity contribution is 5.56. The second kappa shape index (κ2) is 8.03. The van der Waals surface area contributed by atoms with Gasteiger partial charge in [0.1, 0.15) is 5.82 Å². The van der Waals surface area contributed by atoms with Gasteiger partial charge in [0.2, 0.25) is 5.95 Å². The van der Waals surface area contributed by atoms with E-state index in [4.69, 9.17) is 0 Å². The summed E-state index contributed by atoms with van der Waals surface area (Å²) in [5, 5.41) is 2.61. The third-order valence-electron chi connectivity index (χ3n) is 4.00. The molecule has 0 atom stereocenters. The lowest BCUT2D eigenvalue weighted by Gasteiger charge is -2.19. The fourth-order valence-electron chi connectivity index (χ4n) is 2.51. The molecule has 1 N–H and O–H groups in total. The maximum Gasteiger partial charge on any atom is 0.229 e. The first-order chi connectivity index (χ1) is 12.9. The van der Waals surface area contributed by atoms with Crippen molar-refractivity contribution in [2.45, 2.75) is 13.3 Å². The molecule has 1 aromatic carbocycles. The fraction of sp³-hybridized carbons (Fsp3) is 0.211. The Hall–Kier alpha value is -3.16. The topological polar surface area (TPSA) is 53.9 Å². The molecule has 0 bridgehead atoms. The largest absolute Gasteiger partial charge is 0.359 e. The van der Waals surface area contributed by atoms with Gasteiger partial charge in [-0.1, -0.05) is 0 Å². The molecule has 140 valence electrons. The summed E-state index contributed by atoms with van der Waals surface area (Å²) in [5.41, 5.74) is 1.57. The summed E-state index contributed by atoms with van der Waals surface area (Å²) in [6, 6.07) is 7.62. The van der Waals surface area contributed by atoms with Crippen LogP contribution in [0.4, 0.5) is 30.6 Å². The Bertz CT molecular complexity index is 934. The van der Waals surface area contributed by atoms with Gasteiger partial charge in [0.15, 0.2) is 17.5 Å². The number of benzene rings is 1. The third kappa shape index (κ3) is 4.52. The smallest absolute Gasteiger partial charge is 0.229 e. The lowest BCUT2D eigenvalue weighted by Crippen LogP contribution is -2.22. The van der Waals surface area contributed by atoms with Gasteiger partial charge in [0, 0.05) is 37.7 Å². The van der Waals surface area contributed by atoms with E-state index in [2.05, 4.69) is 20.3 Å². The van der Waals surface area contributed by atoms with Crippen molar-refractivity contribution in [1.82, 2.24) is 15.0 Å². The van der Waals surface area contributed by atoms with Gasteiger partial charge in [0.25, 0.3) is 0 Å². The summed E-state index contributed by atoms with van der Waals surface area (Å²) in [5.74, 6) is -3.37. The zero-order valence-corrected chi connectivity index (χ0v) is 14.9. The van der Waals surface area contributed by atoms with Gasteiger partial charge < -0.3 is 10.2 Å². The molecule has 0 saturated heterocycles. The number of likely N-dealkylation sites (N-methyl/N-ethyl adjacent to an activating group) is 1. The number of anilines is 3. The number of hydrogen-bond donors (Lipinski definition) is 1. The average Bonchev–Trinajstić information content (AvgIpc) is 2.67. The van der Waals surface area contributed by atoms with Gasteiger partial charge in [-0.25, -0.2) is 18.2 Å². The predicted molar refractivity (Wildman–Crippen MR) is 97.6 cm³/mol. The van der Waals surface area contributed by atoms with E-state index in [1.54, 1.807) is 25.4 Å². The average molecular weight is 373 g/mol. The zero-order chi connectivity index (χ0) is 19.4. The molecule has 5 nitrogen and oxygen atoms in total. The number of pyridine rings is 1. The SMILES string of the molecule is Cc1cc(N(C)CCc2ccncc2)nc(Nc2ccc(F)c(F)c2F)n1. The van der Waals surface area contributed by atoms with Crippen LogP contribution in [0, 0.1) is 24.4 Å². The minimum atomic E-state index is -1.54. The van der Waals surface area contributed by atoms with E-state index >= 15 is 0 Å². The van der Waals surface area contributed by atoms with Crippen LogP contribution in [0.2, 0.25) is 0 Å². The number of aryl methyl sites for hydroxylation is 1. The van der Waals surface area contributed by atoms with Gasteiger partial charge in [-0.15, -0.1) is 0 Å². The quantitative estimate of drug-likeness (QED) is 0.662. The summed E-state index contributed by atoms with van der Waals surface area (Å²) in [7, 11) is 1.88. The van der Waals surface area contributed by atoms with Gasteiger partial charge in [-0.05, 0) is 43.2 Å². The maximum absolute atomic E-state index is 13.9. The number of halogens is 3. The Morgan fingerprint density at radius 3 is 2.48 bits per heavy atom. The van der Waals surface area contributed by atoms with E-state index in [1.165, 1.54) is 0 Å². The Kier molecular flexibility index (Phi) is 5.54. The van der Waals surface area contributed by atoms with Crippen molar-refractivity contribution in [1.29, 1.82) is 0 Å². The van der Waals surface area contributed by atoms with Crippen molar-refractivity contribution < 1.29 is 13.2 Å². The summed E-state index contributed by atoms with van der Waals surface area (Å²) in [6.45, 7) is 2.47. The van der Waals surface area contributed by atoms with E-state index < -0.39 is 17.5 Å². The van der Waals surface area contributed by atoms with Crippen LogP contribution in [0.1, 0.15) is 11.3 Å². The van der Waals surface area contributed by atoms with Gasteiger partial charge >= 0.3 is 0 Å². The van der Waals surface area contributed by atoms with Crippen molar-refractivity contribution in [3.05, 3.63) is 71.4 Å². The second-order valence-electron chi connectivity index (χ2n) is 6.07. The molecule has 3 rings (SSSR count). The van der Waals surface area contributed by atoms with Crippen LogP contribution >= 0.6 is 0 Å². The summed E-state index contributed by atoms with van der Waals surface area (Å²) in [6.07, 6.45) is 4.27. The Balaban J connectivity index is 1.77. The molecule has 0 aliphatic rings. The molecular formula is C19H18F3N5. The molecule has 0 aliphatic carbocycles. The summed E-state index contributed by atoms with van der Waals surface area (Å²) < 4.78 is 40.3. The van der Waals surface area contributed by atoms with Gasteiger partial charge in [0.05, 0.1) is 5.69 Å². The van der Waals surface area contributed by atoms with Crippen LogP contribution in [-0.2, 0) is 6.42 Å². The first-order valence-electron chi connectivity index (χ1n) is 8.30.